The van der Waals surface area contributed by atoms with E-state index in [-0.39, 0.29) is 11.8 Å². The van der Waals surface area contributed by atoms with Gasteiger partial charge in [0, 0.05) is 6.54 Å². The lowest BCUT2D eigenvalue weighted by atomic mass is 9.81. The zero-order valence-electron chi connectivity index (χ0n) is 11.6. The Balaban J connectivity index is 3.23. The van der Waals surface area contributed by atoms with Crippen molar-refractivity contribution in [2.75, 3.05) is 6.54 Å². The maximum absolute atomic E-state index is 12.5. The largest absolute Gasteiger partial charge is 0.340 e. The Morgan fingerprint density at radius 3 is 1.94 bits per heavy atom. The van der Waals surface area contributed by atoms with Crippen LogP contribution < -0.4 is 5.32 Å². The number of carbonyl (C=O) groups excluding carboxylic acids is 2. The smallest absolute Gasteiger partial charge is 0.248 e. The summed E-state index contributed by atoms with van der Waals surface area (Å²) in [5, 5.41) is 2.92. The van der Waals surface area contributed by atoms with Gasteiger partial charge >= 0.3 is 0 Å². The molecule has 98 valence electrons. The van der Waals surface area contributed by atoms with Crippen LogP contribution in [0.5, 0.6) is 0 Å². The van der Waals surface area contributed by atoms with Gasteiger partial charge in [0.25, 0.3) is 0 Å². The van der Waals surface area contributed by atoms with Crippen molar-refractivity contribution in [2.24, 2.45) is 0 Å². The highest BCUT2D eigenvalue weighted by Gasteiger charge is 2.53. The third-order valence-corrected chi connectivity index (χ3v) is 4.24. The molecule has 0 spiro atoms. The Hall–Kier alpha value is -1.06. The SMILES string of the molecule is CCN1C(=O)C(C)(CC)NC(=O)C1(CC)CC. The van der Waals surface area contributed by atoms with Crippen LogP contribution in [0.4, 0.5) is 0 Å². The van der Waals surface area contributed by atoms with E-state index in [9.17, 15) is 9.59 Å². The molecule has 0 saturated carbocycles. The number of likely N-dealkylation sites (N-methyl/N-ethyl adjacent to an activating group) is 1. The van der Waals surface area contributed by atoms with Crippen molar-refractivity contribution in [3.05, 3.63) is 0 Å². The summed E-state index contributed by atoms with van der Waals surface area (Å²) in [6, 6.07) is 0. The molecular formula is C13H24N2O2. The number of nitrogens with zero attached hydrogens (tertiary/aromatic N) is 1. The van der Waals surface area contributed by atoms with Crippen LogP contribution >= 0.6 is 0 Å². The Bertz CT molecular complexity index is 323. The highest BCUT2D eigenvalue weighted by molar-refractivity contribution is 6.02. The normalized spacial score (nSPS) is 28.2. The molecule has 1 saturated heterocycles. The molecule has 2 amide bonds. The van der Waals surface area contributed by atoms with E-state index in [1.807, 2.05) is 34.6 Å². The predicted octanol–water partition coefficient (Wildman–Crippen LogP) is 1.69. The summed E-state index contributed by atoms with van der Waals surface area (Å²) in [6.07, 6.45) is 1.95. The van der Waals surface area contributed by atoms with E-state index in [2.05, 4.69) is 5.32 Å². The number of hydrogen-bond donors (Lipinski definition) is 1. The van der Waals surface area contributed by atoms with Crippen molar-refractivity contribution in [3.8, 4) is 0 Å². The summed E-state index contributed by atoms with van der Waals surface area (Å²) in [5.41, 5.74) is -1.39. The lowest BCUT2D eigenvalue weighted by Gasteiger charge is -2.50. The van der Waals surface area contributed by atoms with Gasteiger partial charge in [0.15, 0.2) is 0 Å². The molecule has 1 atom stereocenters. The van der Waals surface area contributed by atoms with Crippen molar-refractivity contribution in [3.63, 3.8) is 0 Å². The molecule has 1 N–H and O–H groups in total. The predicted molar refractivity (Wildman–Crippen MR) is 67.5 cm³/mol. The summed E-state index contributed by atoms with van der Waals surface area (Å²) in [6.45, 7) is 10.2. The molecule has 17 heavy (non-hydrogen) atoms. The van der Waals surface area contributed by atoms with Gasteiger partial charge in [-0.25, -0.2) is 0 Å². The van der Waals surface area contributed by atoms with Crippen LogP contribution in [0.25, 0.3) is 0 Å². The van der Waals surface area contributed by atoms with Crippen LogP contribution in [0.15, 0.2) is 0 Å². The number of amides is 2. The first-order valence-corrected chi connectivity index (χ1v) is 6.56. The van der Waals surface area contributed by atoms with Gasteiger partial charge in [-0.1, -0.05) is 20.8 Å². The molecular weight excluding hydrogens is 216 g/mol. The second-order valence-electron chi connectivity index (χ2n) is 4.93. The minimum Gasteiger partial charge on any atom is -0.340 e. The lowest BCUT2D eigenvalue weighted by Crippen LogP contribution is -2.74. The maximum Gasteiger partial charge on any atom is 0.248 e. The van der Waals surface area contributed by atoms with Crippen molar-refractivity contribution in [2.45, 2.75) is 65.0 Å². The third-order valence-electron chi connectivity index (χ3n) is 4.24. The zero-order valence-corrected chi connectivity index (χ0v) is 11.6. The molecule has 0 bridgehead atoms. The molecule has 4 nitrogen and oxygen atoms in total. The molecule has 1 aliphatic heterocycles. The van der Waals surface area contributed by atoms with Gasteiger partial charge in [0.2, 0.25) is 11.8 Å². The summed E-state index contributed by atoms with van der Waals surface area (Å²) < 4.78 is 0. The van der Waals surface area contributed by atoms with Crippen molar-refractivity contribution in [1.82, 2.24) is 10.2 Å². The van der Waals surface area contributed by atoms with Crippen molar-refractivity contribution in [1.29, 1.82) is 0 Å². The third kappa shape index (κ3) is 1.83. The van der Waals surface area contributed by atoms with Gasteiger partial charge in [-0.15, -0.1) is 0 Å². The fraction of sp³-hybridized carbons (Fsp3) is 0.846. The van der Waals surface area contributed by atoms with Gasteiger partial charge in [-0.3, -0.25) is 9.59 Å². The van der Waals surface area contributed by atoms with Gasteiger partial charge in [0.05, 0.1) is 0 Å². The molecule has 4 heteroatoms. The molecule has 0 aliphatic carbocycles. The quantitative estimate of drug-likeness (QED) is 0.813. The first-order chi connectivity index (χ1) is 7.91. The highest BCUT2D eigenvalue weighted by atomic mass is 16.2. The first-order valence-electron chi connectivity index (χ1n) is 6.56. The number of carbonyl (C=O) groups is 2. The van der Waals surface area contributed by atoms with Crippen LogP contribution in [0, 0.1) is 0 Å². The summed E-state index contributed by atoms with van der Waals surface area (Å²) in [7, 11) is 0. The van der Waals surface area contributed by atoms with Gasteiger partial charge in [-0.05, 0) is 33.1 Å². The van der Waals surface area contributed by atoms with E-state index >= 15 is 0 Å². The monoisotopic (exact) mass is 240 g/mol. The fourth-order valence-corrected chi connectivity index (χ4v) is 2.67. The van der Waals surface area contributed by atoms with Gasteiger partial charge in [-0.2, -0.15) is 0 Å². The topological polar surface area (TPSA) is 49.4 Å². The van der Waals surface area contributed by atoms with Crippen LogP contribution in [0.3, 0.4) is 0 Å². The average Bonchev–Trinajstić information content (AvgIpc) is 2.33. The van der Waals surface area contributed by atoms with Crippen LogP contribution in [0.1, 0.15) is 53.9 Å². The molecule has 0 aromatic carbocycles. The van der Waals surface area contributed by atoms with E-state index in [0.29, 0.717) is 25.8 Å². The molecule has 1 heterocycles. The van der Waals surface area contributed by atoms with E-state index in [0.717, 1.165) is 0 Å². The van der Waals surface area contributed by atoms with Crippen LogP contribution in [0.2, 0.25) is 0 Å². The molecule has 0 radical (unpaired) electrons. The Morgan fingerprint density at radius 2 is 1.59 bits per heavy atom. The molecule has 1 unspecified atom stereocenters. The number of piperazine rings is 1. The van der Waals surface area contributed by atoms with Crippen molar-refractivity contribution >= 4 is 11.8 Å². The van der Waals surface area contributed by atoms with Crippen LogP contribution in [-0.2, 0) is 9.59 Å². The van der Waals surface area contributed by atoms with Gasteiger partial charge in [0.1, 0.15) is 11.1 Å². The average molecular weight is 240 g/mol. The molecule has 1 fully saturated rings. The highest BCUT2D eigenvalue weighted by Crippen LogP contribution is 2.32. The lowest BCUT2D eigenvalue weighted by molar-refractivity contribution is -0.163. The summed E-state index contributed by atoms with van der Waals surface area (Å²) in [5.74, 6) is 0.0408. The van der Waals surface area contributed by atoms with Gasteiger partial charge < -0.3 is 10.2 Å². The Morgan fingerprint density at radius 1 is 1.06 bits per heavy atom. The summed E-state index contributed by atoms with van der Waals surface area (Å²) in [4.78, 5) is 26.6. The van der Waals surface area contributed by atoms with E-state index < -0.39 is 11.1 Å². The minimum absolute atomic E-state index is 0.00620. The second-order valence-corrected chi connectivity index (χ2v) is 4.93. The Labute approximate surface area is 104 Å². The molecule has 1 aliphatic rings. The molecule has 0 aromatic rings. The van der Waals surface area contributed by atoms with E-state index in [1.54, 1.807) is 4.90 Å². The first kappa shape index (κ1) is 14.0. The zero-order chi connectivity index (χ0) is 13.3. The summed E-state index contributed by atoms with van der Waals surface area (Å²) >= 11 is 0. The number of nitrogens with one attached hydrogen (secondary N) is 1. The standard InChI is InChI=1S/C13H24N2O2/c1-6-12(5)11(17)15(9-4)13(7-2,8-3)10(16)14-12/h6-9H2,1-5H3,(H,14,16). The number of hydrogen-bond acceptors (Lipinski definition) is 2. The van der Waals surface area contributed by atoms with E-state index in [4.69, 9.17) is 0 Å². The minimum atomic E-state index is -0.735. The molecule has 0 aromatic heterocycles. The maximum atomic E-state index is 12.5. The van der Waals surface area contributed by atoms with Crippen molar-refractivity contribution < 1.29 is 9.59 Å². The van der Waals surface area contributed by atoms with E-state index in [1.165, 1.54) is 0 Å². The second kappa shape index (κ2) is 4.67. The number of rotatable bonds is 4. The van der Waals surface area contributed by atoms with Crippen LogP contribution in [-0.4, -0.2) is 34.3 Å². The molecule has 1 rings (SSSR count). The fourth-order valence-electron chi connectivity index (χ4n) is 2.67. The Kier molecular flexibility index (Phi) is 3.84.